The molecule has 1 heterocycles. The number of hydrogen-bond donors (Lipinski definition) is 2. The maximum atomic E-state index is 12.3. The van der Waals surface area contributed by atoms with Crippen molar-refractivity contribution in [1.82, 2.24) is 9.78 Å². The molecule has 0 saturated heterocycles. The fraction of sp³-hybridized carbons (Fsp3) is 0.353. The fourth-order valence-corrected chi connectivity index (χ4v) is 2.38. The molecule has 0 fully saturated rings. The van der Waals surface area contributed by atoms with Crippen LogP contribution in [-0.4, -0.2) is 21.6 Å². The van der Waals surface area contributed by atoms with Crippen LogP contribution in [0.2, 0.25) is 5.02 Å². The van der Waals surface area contributed by atoms with Gasteiger partial charge >= 0.3 is 0 Å². The molecule has 0 atom stereocenters. The number of aryl methyl sites for hydroxylation is 1. The van der Waals surface area contributed by atoms with Crippen molar-refractivity contribution in [2.45, 2.75) is 40.7 Å². The smallest absolute Gasteiger partial charge is 0.246 e. The Morgan fingerprint density at radius 3 is 2.46 bits per heavy atom. The molecule has 2 rings (SSSR count). The maximum absolute atomic E-state index is 12.3. The van der Waals surface area contributed by atoms with Gasteiger partial charge in [-0.2, -0.15) is 5.10 Å². The number of halogens is 1. The Labute approximate surface area is 146 Å². The van der Waals surface area contributed by atoms with Gasteiger partial charge in [0.1, 0.15) is 6.54 Å². The van der Waals surface area contributed by atoms with Crippen molar-refractivity contribution in [1.29, 1.82) is 0 Å². The first-order valence-electron chi connectivity index (χ1n) is 7.71. The van der Waals surface area contributed by atoms with E-state index in [1.807, 2.05) is 20.8 Å². The minimum absolute atomic E-state index is 0.0996. The molecule has 0 aliphatic rings. The van der Waals surface area contributed by atoms with Gasteiger partial charge in [-0.15, -0.1) is 0 Å². The summed E-state index contributed by atoms with van der Waals surface area (Å²) in [6.45, 7) is 7.68. The Morgan fingerprint density at radius 2 is 1.88 bits per heavy atom. The summed E-state index contributed by atoms with van der Waals surface area (Å²) in [7, 11) is 0. The number of aromatic nitrogens is 2. The van der Waals surface area contributed by atoms with Gasteiger partial charge in [0.2, 0.25) is 11.8 Å². The first-order chi connectivity index (χ1) is 11.3. The van der Waals surface area contributed by atoms with Gasteiger partial charge < -0.3 is 10.6 Å². The first kappa shape index (κ1) is 18.0. The van der Waals surface area contributed by atoms with Gasteiger partial charge in [-0.1, -0.05) is 18.5 Å². The monoisotopic (exact) mass is 348 g/mol. The summed E-state index contributed by atoms with van der Waals surface area (Å²) in [4.78, 5) is 23.7. The number of amides is 2. The van der Waals surface area contributed by atoms with Crippen LogP contribution in [0.3, 0.4) is 0 Å². The van der Waals surface area contributed by atoms with Crippen LogP contribution in [0, 0.1) is 20.8 Å². The van der Waals surface area contributed by atoms with E-state index in [4.69, 9.17) is 11.6 Å². The second kappa shape index (κ2) is 7.49. The third kappa shape index (κ3) is 4.14. The van der Waals surface area contributed by atoms with Gasteiger partial charge in [0, 0.05) is 17.8 Å². The number of anilines is 2. The lowest BCUT2D eigenvalue weighted by molar-refractivity contribution is -0.117. The van der Waals surface area contributed by atoms with Crippen LogP contribution in [0.15, 0.2) is 18.2 Å². The van der Waals surface area contributed by atoms with Gasteiger partial charge in [0.15, 0.2) is 0 Å². The summed E-state index contributed by atoms with van der Waals surface area (Å²) in [6.07, 6.45) is 0.377. The first-order valence-corrected chi connectivity index (χ1v) is 8.09. The normalized spacial score (nSPS) is 10.5. The molecular formula is C17H21ClN4O2. The van der Waals surface area contributed by atoms with Crippen molar-refractivity contribution in [3.8, 4) is 0 Å². The number of carbonyl (C=O) groups is 2. The van der Waals surface area contributed by atoms with Crippen molar-refractivity contribution in [3.63, 3.8) is 0 Å². The predicted molar refractivity (Wildman–Crippen MR) is 95.4 cm³/mol. The summed E-state index contributed by atoms with van der Waals surface area (Å²) < 4.78 is 1.66. The molecule has 0 bridgehead atoms. The molecule has 128 valence electrons. The number of hydrogen-bond acceptors (Lipinski definition) is 3. The topological polar surface area (TPSA) is 76.0 Å². The molecule has 2 amide bonds. The number of nitrogens with one attached hydrogen (secondary N) is 2. The van der Waals surface area contributed by atoms with E-state index in [-0.39, 0.29) is 18.4 Å². The van der Waals surface area contributed by atoms with E-state index in [2.05, 4.69) is 15.7 Å². The predicted octanol–water partition coefficient (Wildman–Crippen LogP) is 3.45. The third-order valence-electron chi connectivity index (χ3n) is 3.88. The Bertz CT molecular complexity index is 783. The van der Waals surface area contributed by atoms with Crippen LogP contribution in [0.4, 0.5) is 11.4 Å². The molecule has 7 heteroatoms. The van der Waals surface area contributed by atoms with E-state index in [9.17, 15) is 9.59 Å². The minimum Gasteiger partial charge on any atom is -0.326 e. The van der Waals surface area contributed by atoms with Crippen molar-refractivity contribution < 1.29 is 9.59 Å². The van der Waals surface area contributed by atoms with Gasteiger partial charge in [-0.3, -0.25) is 14.3 Å². The van der Waals surface area contributed by atoms with E-state index in [1.54, 1.807) is 29.8 Å². The van der Waals surface area contributed by atoms with Gasteiger partial charge in [0.25, 0.3) is 0 Å². The lowest BCUT2D eigenvalue weighted by Crippen LogP contribution is -2.20. The molecule has 0 aliphatic heterocycles. The average Bonchev–Trinajstić information content (AvgIpc) is 2.77. The van der Waals surface area contributed by atoms with E-state index in [1.165, 1.54) is 0 Å². The highest BCUT2D eigenvalue weighted by Crippen LogP contribution is 2.25. The van der Waals surface area contributed by atoms with Gasteiger partial charge in [0.05, 0.1) is 16.4 Å². The van der Waals surface area contributed by atoms with Crippen LogP contribution in [0.25, 0.3) is 0 Å². The Balaban J connectivity index is 2.11. The minimum atomic E-state index is -0.235. The van der Waals surface area contributed by atoms with Crippen LogP contribution in [0.1, 0.15) is 30.3 Å². The summed E-state index contributed by atoms with van der Waals surface area (Å²) in [5.41, 5.74) is 3.97. The summed E-state index contributed by atoms with van der Waals surface area (Å²) in [6, 6.07) is 4.96. The molecule has 2 N–H and O–H groups in total. The Morgan fingerprint density at radius 1 is 1.17 bits per heavy atom. The van der Waals surface area contributed by atoms with Gasteiger partial charge in [-0.05, 0) is 44.5 Å². The zero-order chi connectivity index (χ0) is 17.9. The lowest BCUT2D eigenvalue weighted by Gasteiger charge is -2.11. The van der Waals surface area contributed by atoms with Gasteiger partial charge in [-0.25, -0.2) is 0 Å². The van der Waals surface area contributed by atoms with Crippen molar-refractivity contribution in [3.05, 3.63) is 40.2 Å². The molecule has 0 spiro atoms. The van der Waals surface area contributed by atoms with Crippen LogP contribution in [0.5, 0.6) is 0 Å². The standard InChI is InChI=1S/C17H21ClN4O2/c1-5-16(23)19-13-6-7-14(18)15(8-13)20-17(24)9-22-12(4)10(2)11(3)21-22/h6-8H,5,9H2,1-4H3,(H,19,23)(H,20,24). The molecule has 2 aromatic rings. The summed E-state index contributed by atoms with van der Waals surface area (Å²) >= 11 is 6.12. The van der Waals surface area contributed by atoms with Crippen LogP contribution >= 0.6 is 11.6 Å². The maximum Gasteiger partial charge on any atom is 0.246 e. The van der Waals surface area contributed by atoms with Crippen molar-refractivity contribution in [2.75, 3.05) is 10.6 Å². The number of carbonyl (C=O) groups excluding carboxylic acids is 2. The zero-order valence-electron chi connectivity index (χ0n) is 14.2. The lowest BCUT2D eigenvalue weighted by atomic mass is 10.2. The fourth-order valence-electron chi connectivity index (χ4n) is 2.21. The summed E-state index contributed by atoms with van der Waals surface area (Å²) in [5.74, 6) is -0.339. The quantitative estimate of drug-likeness (QED) is 0.868. The van der Waals surface area contributed by atoms with Crippen molar-refractivity contribution >= 4 is 34.8 Å². The SMILES string of the molecule is CCC(=O)Nc1ccc(Cl)c(NC(=O)Cn2nc(C)c(C)c2C)c1. The second-order valence-electron chi connectivity index (χ2n) is 5.60. The number of benzene rings is 1. The zero-order valence-corrected chi connectivity index (χ0v) is 15.0. The second-order valence-corrected chi connectivity index (χ2v) is 6.01. The van der Waals surface area contributed by atoms with E-state index >= 15 is 0 Å². The molecule has 0 aliphatic carbocycles. The Hall–Kier alpha value is -2.34. The number of rotatable bonds is 5. The average molecular weight is 349 g/mol. The molecule has 6 nitrogen and oxygen atoms in total. The van der Waals surface area contributed by atoms with Crippen molar-refractivity contribution in [2.24, 2.45) is 0 Å². The highest BCUT2D eigenvalue weighted by Gasteiger charge is 2.12. The largest absolute Gasteiger partial charge is 0.326 e. The molecule has 0 saturated carbocycles. The van der Waals surface area contributed by atoms with E-state index in [0.29, 0.717) is 22.8 Å². The van der Waals surface area contributed by atoms with Crippen LogP contribution in [-0.2, 0) is 16.1 Å². The molecule has 0 radical (unpaired) electrons. The van der Waals surface area contributed by atoms with E-state index < -0.39 is 0 Å². The molecular weight excluding hydrogens is 328 g/mol. The van der Waals surface area contributed by atoms with Crippen LogP contribution < -0.4 is 10.6 Å². The van der Waals surface area contributed by atoms with E-state index in [0.717, 1.165) is 17.0 Å². The molecule has 0 unspecified atom stereocenters. The Kier molecular flexibility index (Phi) is 5.62. The molecule has 1 aromatic carbocycles. The highest BCUT2D eigenvalue weighted by atomic mass is 35.5. The third-order valence-corrected chi connectivity index (χ3v) is 4.21. The highest BCUT2D eigenvalue weighted by molar-refractivity contribution is 6.33. The molecule has 24 heavy (non-hydrogen) atoms. The number of nitrogens with zero attached hydrogens (tertiary/aromatic N) is 2. The summed E-state index contributed by atoms with van der Waals surface area (Å²) in [5, 5.41) is 10.3. The molecule has 1 aromatic heterocycles.